The van der Waals surface area contributed by atoms with Gasteiger partial charge in [-0.2, -0.15) is 0 Å². The van der Waals surface area contributed by atoms with Crippen molar-refractivity contribution < 1.29 is 19.3 Å². The molecule has 0 radical (unpaired) electrons. The molecule has 1 fully saturated rings. The average molecular weight is 411 g/mol. The quantitative estimate of drug-likeness (QED) is 0.471. The van der Waals surface area contributed by atoms with Crippen molar-refractivity contribution in [3.05, 3.63) is 46.0 Å². The number of nitro groups is 1. The van der Waals surface area contributed by atoms with Crippen LogP contribution in [0.1, 0.15) is 24.3 Å². The highest BCUT2D eigenvalue weighted by molar-refractivity contribution is 6.20. The molecule has 156 valence electrons. The van der Waals surface area contributed by atoms with Gasteiger partial charge in [0.25, 0.3) is 0 Å². The third kappa shape index (κ3) is 2.83. The number of nitrogens with one attached hydrogen (secondary N) is 1. The van der Waals surface area contributed by atoms with Crippen molar-refractivity contribution in [2.24, 2.45) is 0 Å². The van der Waals surface area contributed by atoms with E-state index in [0.717, 1.165) is 22.6 Å². The first-order chi connectivity index (χ1) is 14.3. The molecule has 2 aromatic rings. The minimum atomic E-state index is -1.48. The smallest absolute Gasteiger partial charge is 0.332 e. The SMILES string of the molecule is CN1C(=O)C(c2c([N+](=O)[O-])c3n(c2-c2ccccc2)CCCCN3)C(=O)N(C)C1=O. The molecule has 4 rings (SSSR count). The van der Waals surface area contributed by atoms with Crippen LogP contribution in [0.4, 0.5) is 16.3 Å². The lowest BCUT2D eigenvalue weighted by Crippen LogP contribution is -2.55. The first-order valence-electron chi connectivity index (χ1n) is 9.63. The maximum atomic E-state index is 13.0. The van der Waals surface area contributed by atoms with Crippen molar-refractivity contribution in [2.75, 3.05) is 26.0 Å². The van der Waals surface area contributed by atoms with E-state index in [1.807, 2.05) is 6.07 Å². The Bertz CT molecular complexity index is 1040. The Morgan fingerprint density at radius 1 is 1.03 bits per heavy atom. The minimum absolute atomic E-state index is 0.0248. The predicted molar refractivity (Wildman–Crippen MR) is 108 cm³/mol. The highest BCUT2D eigenvalue weighted by atomic mass is 16.6. The number of hydrogen-bond acceptors (Lipinski definition) is 6. The summed E-state index contributed by atoms with van der Waals surface area (Å²) >= 11 is 0. The maximum absolute atomic E-state index is 13.0. The molecule has 10 heteroatoms. The van der Waals surface area contributed by atoms with Gasteiger partial charge in [0.15, 0.2) is 11.7 Å². The molecule has 0 atom stereocenters. The van der Waals surface area contributed by atoms with E-state index in [-0.39, 0.29) is 17.1 Å². The highest BCUT2D eigenvalue weighted by Gasteiger charge is 2.49. The average Bonchev–Trinajstić information content (AvgIpc) is 2.87. The van der Waals surface area contributed by atoms with E-state index >= 15 is 0 Å². The maximum Gasteiger partial charge on any atom is 0.332 e. The number of rotatable bonds is 3. The minimum Gasteiger partial charge on any atom is -0.366 e. The van der Waals surface area contributed by atoms with Crippen LogP contribution in [0.5, 0.6) is 0 Å². The van der Waals surface area contributed by atoms with Crippen molar-refractivity contribution in [3.63, 3.8) is 0 Å². The van der Waals surface area contributed by atoms with Crippen LogP contribution in [0.3, 0.4) is 0 Å². The monoisotopic (exact) mass is 411 g/mol. The Kier molecular flexibility index (Phi) is 4.76. The van der Waals surface area contributed by atoms with E-state index in [9.17, 15) is 24.5 Å². The Morgan fingerprint density at radius 3 is 2.27 bits per heavy atom. The van der Waals surface area contributed by atoms with Crippen LogP contribution in [-0.2, 0) is 16.1 Å². The molecular weight excluding hydrogens is 390 g/mol. The van der Waals surface area contributed by atoms with Crippen molar-refractivity contribution in [1.82, 2.24) is 14.4 Å². The van der Waals surface area contributed by atoms with Crippen LogP contribution in [0.25, 0.3) is 11.3 Å². The molecule has 0 aliphatic carbocycles. The molecule has 0 unspecified atom stereocenters. The van der Waals surface area contributed by atoms with Gasteiger partial charge >= 0.3 is 11.7 Å². The van der Waals surface area contributed by atoms with E-state index in [2.05, 4.69) is 5.32 Å². The zero-order valence-corrected chi connectivity index (χ0v) is 16.6. The van der Waals surface area contributed by atoms with Gasteiger partial charge in [0, 0.05) is 27.2 Å². The number of likely N-dealkylation sites (N-methyl/N-ethyl adjacent to an activating group) is 2. The number of fused-ring (bicyclic) bond motifs is 1. The summed E-state index contributed by atoms with van der Waals surface area (Å²) in [7, 11) is 2.54. The van der Waals surface area contributed by atoms with Crippen LogP contribution < -0.4 is 5.32 Å². The molecule has 2 aliphatic heterocycles. The largest absolute Gasteiger partial charge is 0.366 e. The Morgan fingerprint density at radius 2 is 1.67 bits per heavy atom. The molecule has 1 saturated heterocycles. The van der Waals surface area contributed by atoms with Gasteiger partial charge in [-0.1, -0.05) is 30.3 Å². The summed E-state index contributed by atoms with van der Waals surface area (Å²) in [4.78, 5) is 51.6. The summed E-state index contributed by atoms with van der Waals surface area (Å²) in [5.74, 6) is -2.74. The fourth-order valence-corrected chi connectivity index (χ4v) is 4.15. The van der Waals surface area contributed by atoms with E-state index in [1.165, 1.54) is 14.1 Å². The molecule has 3 heterocycles. The van der Waals surface area contributed by atoms with Crippen LogP contribution in [0, 0.1) is 10.1 Å². The lowest BCUT2D eigenvalue weighted by atomic mass is 9.91. The van der Waals surface area contributed by atoms with Crippen molar-refractivity contribution in [1.29, 1.82) is 0 Å². The summed E-state index contributed by atoms with van der Waals surface area (Å²) in [6.07, 6.45) is 1.62. The number of benzene rings is 1. The zero-order valence-electron chi connectivity index (χ0n) is 16.6. The molecule has 1 N–H and O–H groups in total. The van der Waals surface area contributed by atoms with Gasteiger partial charge in [0.2, 0.25) is 11.8 Å². The molecule has 4 amide bonds. The van der Waals surface area contributed by atoms with E-state index in [1.54, 1.807) is 28.8 Å². The predicted octanol–water partition coefficient (Wildman–Crippen LogP) is 2.40. The Balaban J connectivity index is 2.06. The van der Waals surface area contributed by atoms with E-state index in [4.69, 9.17) is 0 Å². The van der Waals surface area contributed by atoms with Crippen LogP contribution in [0.15, 0.2) is 30.3 Å². The molecule has 10 nitrogen and oxygen atoms in total. The van der Waals surface area contributed by atoms with Crippen LogP contribution in [-0.4, -0.2) is 57.8 Å². The number of imide groups is 2. The zero-order chi connectivity index (χ0) is 21.6. The van der Waals surface area contributed by atoms with Crippen LogP contribution >= 0.6 is 0 Å². The second-order valence-corrected chi connectivity index (χ2v) is 7.38. The van der Waals surface area contributed by atoms with Gasteiger partial charge in [-0.3, -0.25) is 29.5 Å². The molecule has 0 spiro atoms. The third-order valence-electron chi connectivity index (χ3n) is 5.62. The van der Waals surface area contributed by atoms with E-state index < -0.39 is 28.7 Å². The van der Waals surface area contributed by atoms with Gasteiger partial charge in [-0.25, -0.2) is 4.79 Å². The fraction of sp³-hybridized carbons (Fsp3) is 0.350. The number of urea groups is 1. The third-order valence-corrected chi connectivity index (χ3v) is 5.62. The van der Waals surface area contributed by atoms with Crippen LogP contribution in [0.2, 0.25) is 0 Å². The second-order valence-electron chi connectivity index (χ2n) is 7.38. The van der Waals surface area contributed by atoms with Gasteiger partial charge in [0.1, 0.15) is 0 Å². The lowest BCUT2D eigenvalue weighted by molar-refractivity contribution is -0.384. The Labute approximate surface area is 172 Å². The molecule has 1 aromatic carbocycles. The standard InChI is InChI=1S/C20H21N5O5/c1-22-18(26)14(19(27)23(2)20(22)28)13-15(12-8-4-3-5-9-12)24-11-7-6-10-21-17(24)16(13)25(29)30/h3-5,8-9,14,21H,6-7,10-11H2,1-2H3. The van der Waals surface area contributed by atoms with Crippen molar-refractivity contribution >= 4 is 29.4 Å². The lowest BCUT2D eigenvalue weighted by Gasteiger charge is -2.32. The number of barbiturate groups is 1. The summed E-state index contributed by atoms with van der Waals surface area (Å²) in [5, 5.41) is 15.3. The van der Waals surface area contributed by atoms with Gasteiger partial charge in [-0.05, 0) is 18.4 Å². The Hall–Kier alpha value is -3.69. The number of hydrogen-bond donors (Lipinski definition) is 1. The second kappa shape index (κ2) is 7.29. The fourth-order valence-electron chi connectivity index (χ4n) is 4.15. The number of anilines is 1. The van der Waals surface area contributed by atoms with Gasteiger partial charge in [-0.15, -0.1) is 0 Å². The molecular formula is C20H21N5O5. The molecule has 30 heavy (non-hydrogen) atoms. The van der Waals surface area contributed by atoms with Crippen molar-refractivity contribution in [2.45, 2.75) is 25.3 Å². The molecule has 0 bridgehead atoms. The number of carbonyl (C=O) groups is 3. The first kappa shape index (κ1) is 19.6. The van der Waals surface area contributed by atoms with Gasteiger partial charge < -0.3 is 9.88 Å². The summed E-state index contributed by atoms with van der Waals surface area (Å²) in [6, 6.07) is 8.22. The molecule has 1 aromatic heterocycles. The highest BCUT2D eigenvalue weighted by Crippen LogP contribution is 2.46. The van der Waals surface area contributed by atoms with E-state index in [0.29, 0.717) is 24.3 Å². The van der Waals surface area contributed by atoms with Gasteiger partial charge in [0.05, 0.1) is 16.2 Å². The number of carbonyl (C=O) groups excluding carboxylic acids is 3. The number of amides is 4. The summed E-state index contributed by atoms with van der Waals surface area (Å²) in [6.45, 7) is 1.05. The summed E-state index contributed by atoms with van der Waals surface area (Å²) < 4.78 is 1.78. The molecule has 2 aliphatic rings. The molecule has 0 saturated carbocycles. The normalized spacial score (nSPS) is 17.6. The number of nitrogens with zero attached hydrogens (tertiary/aromatic N) is 4. The first-order valence-corrected chi connectivity index (χ1v) is 9.63. The number of aromatic nitrogens is 1. The summed E-state index contributed by atoms with van der Waals surface area (Å²) in [5.41, 5.74) is 0.846. The van der Waals surface area contributed by atoms with Crippen molar-refractivity contribution in [3.8, 4) is 11.3 Å². The topological polar surface area (TPSA) is 118 Å².